The number of rotatable bonds is 6. The smallest absolute Gasteiger partial charge is 0.490 e. The van der Waals surface area contributed by atoms with Gasteiger partial charge >= 0.3 is 6.36 Å². The normalized spacial score (nSPS) is 17.5. The van der Waals surface area contributed by atoms with Gasteiger partial charge in [-0.15, -0.1) is 13.2 Å². The highest BCUT2D eigenvalue weighted by atomic mass is 19.4. The highest BCUT2D eigenvalue weighted by Gasteiger charge is 2.31. The fourth-order valence-corrected chi connectivity index (χ4v) is 2.64. The molecule has 0 spiro atoms. The van der Waals surface area contributed by atoms with Gasteiger partial charge in [0.25, 0.3) is 0 Å². The summed E-state index contributed by atoms with van der Waals surface area (Å²) >= 11 is 0. The van der Waals surface area contributed by atoms with Crippen LogP contribution in [-0.4, -0.2) is 49.2 Å². The van der Waals surface area contributed by atoms with E-state index in [9.17, 15) is 13.2 Å². The van der Waals surface area contributed by atoms with Crippen LogP contribution in [-0.2, 0) is 4.74 Å². The highest BCUT2D eigenvalue weighted by molar-refractivity contribution is 5.31. The molecule has 0 saturated carbocycles. The maximum absolute atomic E-state index is 12.1. The summed E-state index contributed by atoms with van der Waals surface area (Å²) in [4.78, 5) is 2.34. The predicted molar refractivity (Wildman–Crippen MR) is 88.9 cm³/mol. The van der Waals surface area contributed by atoms with E-state index >= 15 is 0 Å². The van der Waals surface area contributed by atoms with Gasteiger partial charge in [-0.25, -0.2) is 0 Å². The van der Waals surface area contributed by atoms with Crippen molar-refractivity contribution in [1.82, 2.24) is 4.90 Å². The fourth-order valence-electron chi connectivity index (χ4n) is 2.64. The van der Waals surface area contributed by atoms with E-state index < -0.39 is 6.36 Å². The van der Waals surface area contributed by atoms with Crippen molar-refractivity contribution >= 4 is 0 Å². The molecule has 25 heavy (non-hydrogen) atoms. The molecular formula is C18H26F3NO3. The number of hydrogen-bond acceptors (Lipinski definition) is 4. The average molecular weight is 361 g/mol. The monoisotopic (exact) mass is 361 g/mol. The Labute approximate surface area is 146 Å². The summed E-state index contributed by atoms with van der Waals surface area (Å²) in [5.74, 6) is 0.317. The Morgan fingerprint density at radius 3 is 2.08 bits per heavy atom. The minimum absolute atomic E-state index is 0.0779. The molecule has 1 aromatic carbocycles. The summed E-state index contributed by atoms with van der Waals surface area (Å²) in [6.45, 7) is 9.57. The molecule has 1 aromatic rings. The second-order valence-corrected chi connectivity index (χ2v) is 7.14. The molecule has 0 N–H and O–H groups in total. The number of benzene rings is 1. The first-order valence-electron chi connectivity index (χ1n) is 8.49. The van der Waals surface area contributed by atoms with Gasteiger partial charge in [-0.1, -0.05) is 0 Å². The average Bonchev–Trinajstić information content (AvgIpc) is 2.48. The SMILES string of the molecule is CC(C)(C)OCCN1CCC(Oc2ccc(OC(F)(F)F)cc2)CC1. The summed E-state index contributed by atoms with van der Waals surface area (Å²) in [6.07, 6.45) is -2.83. The van der Waals surface area contributed by atoms with Gasteiger partial charge in [0.1, 0.15) is 17.6 Å². The minimum Gasteiger partial charge on any atom is -0.490 e. The number of likely N-dealkylation sites (tertiary alicyclic amines) is 1. The van der Waals surface area contributed by atoms with Gasteiger partial charge in [0.2, 0.25) is 0 Å². The van der Waals surface area contributed by atoms with E-state index in [4.69, 9.17) is 9.47 Å². The van der Waals surface area contributed by atoms with Crippen LogP contribution in [0.1, 0.15) is 33.6 Å². The Morgan fingerprint density at radius 1 is 1.00 bits per heavy atom. The lowest BCUT2D eigenvalue weighted by Crippen LogP contribution is -2.40. The summed E-state index contributed by atoms with van der Waals surface area (Å²) in [5, 5.41) is 0. The molecule has 1 aliphatic heterocycles. The molecule has 0 bridgehead atoms. The van der Waals surface area contributed by atoms with Crippen molar-refractivity contribution < 1.29 is 27.4 Å². The Kier molecular flexibility index (Phi) is 6.57. The first kappa shape index (κ1) is 19.8. The fraction of sp³-hybridized carbons (Fsp3) is 0.667. The second kappa shape index (κ2) is 8.27. The van der Waals surface area contributed by atoms with Crippen molar-refractivity contribution in [2.75, 3.05) is 26.2 Å². The molecule has 0 radical (unpaired) electrons. The summed E-state index contributed by atoms with van der Waals surface area (Å²) in [5.41, 5.74) is -0.122. The molecule has 142 valence electrons. The standard InChI is InChI=1S/C18H26F3NO3/c1-17(2,3)23-13-12-22-10-8-15(9-11-22)24-14-4-6-16(7-5-14)25-18(19,20)21/h4-7,15H,8-13H2,1-3H3. The van der Waals surface area contributed by atoms with Crippen LogP contribution in [0.2, 0.25) is 0 Å². The lowest BCUT2D eigenvalue weighted by Gasteiger charge is -2.32. The van der Waals surface area contributed by atoms with Gasteiger partial charge in [0.15, 0.2) is 0 Å². The number of alkyl halides is 3. The number of halogens is 3. The third-order valence-electron chi connectivity index (χ3n) is 3.84. The van der Waals surface area contributed by atoms with Gasteiger partial charge in [-0.05, 0) is 57.9 Å². The van der Waals surface area contributed by atoms with Crippen LogP contribution in [0.4, 0.5) is 13.2 Å². The van der Waals surface area contributed by atoms with Gasteiger partial charge < -0.3 is 19.1 Å². The van der Waals surface area contributed by atoms with Crippen LogP contribution in [0.25, 0.3) is 0 Å². The number of ether oxygens (including phenoxy) is 3. The number of piperidine rings is 1. The lowest BCUT2D eigenvalue weighted by molar-refractivity contribution is -0.274. The van der Waals surface area contributed by atoms with Crippen LogP contribution < -0.4 is 9.47 Å². The summed E-state index contributed by atoms with van der Waals surface area (Å²) < 4.78 is 51.8. The molecule has 2 rings (SSSR count). The van der Waals surface area contributed by atoms with Crippen molar-refractivity contribution in [3.05, 3.63) is 24.3 Å². The molecule has 0 unspecified atom stereocenters. The number of hydrogen-bond donors (Lipinski definition) is 0. The molecule has 0 atom stereocenters. The third kappa shape index (κ3) is 7.96. The van der Waals surface area contributed by atoms with Gasteiger partial charge in [0, 0.05) is 19.6 Å². The van der Waals surface area contributed by atoms with E-state index in [1.165, 1.54) is 24.3 Å². The Bertz CT molecular complexity index is 518. The third-order valence-corrected chi connectivity index (χ3v) is 3.84. The van der Waals surface area contributed by atoms with Crippen molar-refractivity contribution in [3.8, 4) is 11.5 Å². The van der Waals surface area contributed by atoms with E-state index in [0.717, 1.165) is 32.5 Å². The molecule has 1 saturated heterocycles. The van der Waals surface area contributed by atoms with Crippen molar-refractivity contribution in [1.29, 1.82) is 0 Å². The maximum atomic E-state index is 12.1. The van der Waals surface area contributed by atoms with E-state index in [1.54, 1.807) is 0 Å². The topological polar surface area (TPSA) is 30.9 Å². The zero-order valence-corrected chi connectivity index (χ0v) is 14.9. The number of nitrogens with zero attached hydrogens (tertiary/aromatic N) is 1. The molecule has 0 aromatic heterocycles. The highest BCUT2D eigenvalue weighted by Crippen LogP contribution is 2.26. The minimum atomic E-state index is -4.67. The van der Waals surface area contributed by atoms with Crippen LogP contribution in [0, 0.1) is 0 Å². The summed E-state index contributed by atoms with van der Waals surface area (Å²) in [7, 11) is 0. The van der Waals surface area contributed by atoms with Crippen LogP contribution >= 0.6 is 0 Å². The zero-order chi connectivity index (χ0) is 18.5. The van der Waals surface area contributed by atoms with E-state index in [1.807, 2.05) is 20.8 Å². The molecule has 0 amide bonds. The van der Waals surface area contributed by atoms with Crippen LogP contribution in [0.5, 0.6) is 11.5 Å². The summed E-state index contributed by atoms with van der Waals surface area (Å²) in [6, 6.07) is 5.54. The molecule has 1 heterocycles. The van der Waals surface area contributed by atoms with Gasteiger partial charge in [-0.3, -0.25) is 0 Å². The van der Waals surface area contributed by atoms with Crippen LogP contribution in [0.3, 0.4) is 0 Å². The Morgan fingerprint density at radius 2 is 1.56 bits per heavy atom. The van der Waals surface area contributed by atoms with E-state index in [2.05, 4.69) is 9.64 Å². The van der Waals surface area contributed by atoms with Crippen molar-refractivity contribution in [2.24, 2.45) is 0 Å². The molecule has 1 aliphatic rings. The molecule has 0 aliphatic carbocycles. The Balaban J connectivity index is 1.71. The van der Waals surface area contributed by atoms with Crippen LogP contribution in [0.15, 0.2) is 24.3 Å². The maximum Gasteiger partial charge on any atom is 0.573 e. The Hall–Kier alpha value is -1.47. The van der Waals surface area contributed by atoms with E-state index in [-0.39, 0.29) is 17.5 Å². The quantitative estimate of drug-likeness (QED) is 0.758. The molecule has 1 fully saturated rings. The van der Waals surface area contributed by atoms with Gasteiger partial charge in [-0.2, -0.15) is 0 Å². The van der Waals surface area contributed by atoms with Crippen molar-refractivity contribution in [3.63, 3.8) is 0 Å². The predicted octanol–water partition coefficient (Wildman–Crippen LogP) is 4.24. The first-order valence-corrected chi connectivity index (χ1v) is 8.49. The molecular weight excluding hydrogens is 335 g/mol. The largest absolute Gasteiger partial charge is 0.573 e. The second-order valence-electron chi connectivity index (χ2n) is 7.14. The molecule has 4 nitrogen and oxygen atoms in total. The van der Waals surface area contributed by atoms with Crippen molar-refractivity contribution in [2.45, 2.75) is 51.7 Å². The van der Waals surface area contributed by atoms with Gasteiger partial charge in [0.05, 0.1) is 12.2 Å². The van der Waals surface area contributed by atoms with E-state index in [0.29, 0.717) is 12.4 Å². The molecule has 7 heteroatoms. The first-order chi connectivity index (χ1) is 11.6. The zero-order valence-electron chi connectivity index (χ0n) is 14.9. The lowest BCUT2D eigenvalue weighted by atomic mass is 10.1.